The van der Waals surface area contributed by atoms with E-state index in [9.17, 15) is 19.2 Å². The van der Waals surface area contributed by atoms with Crippen LogP contribution in [0.1, 0.15) is 24.9 Å². The van der Waals surface area contributed by atoms with Crippen molar-refractivity contribution in [1.29, 1.82) is 0 Å². The fraction of sp³-hybridized carbons (Fsp3) is 0.524. The Morgan fingerprint density at radius 2 is 1.67 bits per heavy atom. The molecule has 1 aromatic carbocycles. The van der Waals surface area contributed by atoms with E-state index in [1.54, 1.807) is 0 Å². The fourth-order valence-electron chi connectivity index (χ4n) is 5.00. The fourth-order valence-corrected chi connectivity index (χ4v) is 6.87. The van der Waals surface area contributed by atoms with Gasteiger partial charge in [0.05, 0.1) is 17.9 Å². The second-order valence-electron chi connectivity index (χ2n) is 8.13. The average molecular weight is 542 g/mol. The van der Waals surface area contributed by atoms with Crippen LogP contribution in [-0.4, -0.2) is 51.4 Å². The third-order valence-corrected chi connectivity index (χ3v) is 9.61. The zero-order valence-electron chi connectivity index (χ0n) is 16.3. The van der Waals surface area contributed by atoms with Crippen LogP contribution >= 0.6 is 31.9 Å². The van der Waals surface area contributed by atoms with Crippen LogP contribution in [0.2, 0.25) is 0 Å². The molecule has 1 N–H and O–H groups in total. The predicted molar refractivity (Wildman–Crippen MR) is 115 cm³/mol. The van der Waals surface area contributed by atoms with Gasteiger partial charge in [0.25, 0.3) is 5.91 Å². The van der Waals surface area contributed by atoms with Gasteiger partial charge in [-0.25, -0.2) is 0 Å². The van der Waals surface area contributed by atoms with Crippen LogP contribution < -0.4 is 5.32 Å². The highest BCUT2D eigenvalue weighted by atomic mass is 79.9. The number of halogens is 2. The van der Waals surface area contributed by atoms with E-state index in [1.165, 1.54) is 0 Å². The van der Waals surface area contributed by atoms with Gasteiger partial charge in [-0.1, -0.05) is 62.2 Å². The minimum absolute atomic E-state index is 0.0899. The van der Waals surface area contributed by atoms with E-state index >= 15 is 0 Å². The van der Waals surface area contributed by atoms with Crippen LogP contribution in [0, 0.1) is 23.7 Å². The molecule has 1 saturated heterocycles. The van der Waals surface area contributed by atoms with Crippen LogP contribution in [0.5, 0.6) is 0 Å². The van der Waals surface area contributed by atoms with Gasteiger partial charge in [-0.2, -0.15) is 0 Å². The van der Waals surface area contributed by atoms with Gasteiger partial charge in [0.15, 0.2) is 6.61 Å². The Kier molecular flexibility index (Phi) is 6.03. The Morgan fingerprint density at radius 1 is 1.10 bits per heavy atom. The number of esters is 1. The molecule has 2 bridgehead atoms. The number of imide groups is 1. The second kappa shape index (κ2) is 8.42. The number of likely N-dealkylation sites (tertiary alicyclic amines) is 1. The number of carbonyl (C=O) groups is 4. The lowest BCUT2D eigenvalue weighted by Crippen LogP contribution is -2.39. The van der Waals surface area contributed by atoms with E-state index < -0.39 is 25.0 Å². The van der Waals surface area contributed by atoms with Gasteiger partial charge >= 0.3 is 5.97 Å². The summed E-state index contributed by atoms with van der Waals surface area (Å²) in [6.07, 6.45) is 0.830. The summed E-state index contributed by atoms with van der Waals surface area (Å²) < 4.78 is 5.02. The molecule has 1 aromatic rings. The molecule has 2 saturated carbocycles. The van der Waals surface area contributed by atoms with Crippen molar-refractivity contribution in [3.8, 4) is 0 Å². The smallest absolute Gasteiger partial charge is 0.326 e. The SMILES string of the molecule is C[C@H](NC(=O)COC(=O)CN1C(=O)[C@@H]2[C@H]3C[C@@H]([C@@H](Br)[C@H]3Br)[C@H]2C1=O)c1ccccc1. The molecular formula is C21H22Br2N2O5. The first-order chi connectivity index (χ1) is 14.3. The van der Waals surface area contributed by atoms with Crippen LogP contribution in [0.3, 0.4) is 0 Å². The Balaban J connectivity index is 1.29. The van der Waals surface area contributed by atoms with Crippen LogP contribution in [0.4, 0.5) is 0 Å². The van der Waals surface area contributed by atoms with Crippen LogP contribution in [0.25, 0.3) is 0 Å². The summed E-state index contributed by atoms with van der Waals surface area (Å²) in [5.41, 5.74) is 0.932. The van der Waals surface area contributed by atoms with Crippen LogP contribution in [-0.2, 0) is 23.9 Å². The van der Waals surface area contributed by atoms with E-state index in [4.69, 9.17) is 4.74 Å². The van der Waals surface area contributed by atoms with Gasteiger partial charge in [-0.3, -0.25) is 24.1 Å². The summed E-state index contributed by atoms with van der Waals surface area (Å²) in [5, 5.41) is 2.75. The number of rotatable bonds is 6. The maximum absolute atomic E-state index is 12.8. The molecule has 1 aliphatic heterocycles. The number of ether oxygens (including phenoxy) is 1. The number of amides is 3. The molecule has 160 valence electrons. The van der Waals surface area contributed by atoms with E-state index in [-0.39, 0.29) is 51.2 Å². The Hall–Kier alpha value is -1.74. The Labute approximate surface area is 191 Å². The molecule has 3 aliphatic rings. The molecule has 0 spiro atoms. The monoisotopic (exact) mass is 540 g/mol. The summed E-state index contributed by atoms with van der Waals surface area (Å²) in [4.78, 5) is 51.2. The highest BCUT2D eigenvalue weighted by Gasteiger charge is 2.66. The zero-order valence-corrected chi connectivity index (χ0v) is 19.5. The summed E-state index contributed by atoms with van der Waals surface area (Å²) in [6.45, 7) is 0.917. The number of benzene rings is 1. The Bertz CT molecular complexity index is 847. The Morgan fingerprint density at radius 3 is 2.23 bits per heavy atom. The first-order valence-electron chi connectivity index (χ1n) is 9.93. The molecule has 7 atom stereocenters. The number of alkyl halides is 2. The van der Waals surface area contributed by atoms with E-state index in [0.717, 1.165) is 16.9 Å². The molecule has 3 fully saturated rings. The van der Waals surface area contributed by atoms with Crippen molar-refractivity contribution in [1.82, 2.24) is 10.2 Å². The molecule has 7 nitrogen and oxygen atoms in total. The molecule has 30 heavy (non-hydrogen) atoms. The first kappa shape index (κ1) is 21.5. The first-order valence-corrected chi connectivity index (χ1v) is 11.8. The molecule has 1 heterocycles. The number of carbonyl (C=O) groups excluding carboxylic acids is 4. The molecular weight excluding hydrogens is 520 g/mol. The van der Waals surface area contributed by atoms with Gasteiger partial charge in [-0.15, -0.1) is 0 Å². The van der Waals surface area contributed by atoms with Gasteiger partial charge in [-0.05, 0) is 30.7 Å². The molecule has 4 rings (SSSR count). The summed E-state index contributed by atoms with van der Waals surface area (Å²) >= 11 is 7.26. The van der Waals surface area contributed by atoms with Crippen molar-refractivity contribution in [2.24, 2.45) is 23.7 Å². The third-order valence-electron chi connectivity index (χ3n) is 6.41. The molecule has 3 amide bonds. The van der Waals surface area contributed by atoms with E-state index in [2.05, 4.69) is 37.2 Å². The van der Waals surface area contributed by atoms with Crippen molar-refractivity contribution in [2.45, 2.75) is 29.0 Å². The minimum atomic E-state index is -0.766. The quantitative estimate of drug-likeness (QED) is 0.338. The largest absolute Gasteiger partial charge is 0.454 e. The average Bonchev–Trinajstić information content (AvgIpc) is 3.34. The number of nitrogens with zero attached hydrogens (tertiary/aromatic N) is 1. The van der Waals surface area contributed by atoms with Gasteiger partial charge in [0.1, 0.15) is 6.54 Å². The topological polar surface area (TPSA) is 92.8 Å². The molecule has 9 heteroatoms. The number of hydrogen-bond acceptors (Lipinski definition) is 5. The number of nitrogens with one attached hydrogen (secondary N) is 1. The zero-order chi connectivity index (χ0) is 21.6. The molecule has 0 radical (unpaired) electrons. The highest BCUT2D eigenvalue weighted by molar-refractivity contribution is 9.12. The van der Waals surface area contributed by atoms with Gasteiger partial charge in [0.2, 0.25) is 11.8 Å². The van der Waals surface area contributed by atoms with Crippen molar-refractivity contribution in [3.05, 3.63) is 35.9 Å². The maximum Gasteiger partial charge on any atom is 0.326 e. The summed E-state index contributed by atoms with van der Waals surface area (Å²) in [5.74, 6) is -2.39. The lowest BCUT2D eigenvalue weighted by molar-refractivity contribution is -0.155. The molecule has 0 unspecified atom stereocenters. The van der Waals surface area contributed by atoms with Crippen LogP contribution in [0.15, 0.2) is 30.3 Å². The highest BCUT2D eigenvalue weighted by Crippen LogP contribution is 2.60. The standard InChI is InChI=1S/C21H22Br2N2O5/c1-10(11-5-3-2-4-6-11)24-14(26)9-30-15(27)8-25-20(28)16-12-7-13(17(16)21(25)29)19(23)18(12)22/h2-6,10,12-13,16-19H,7-9H2,1H3,(H,24,26)/t10-,12+,13+,16+,17+,18-,19+/m0/s1. The lowest BCUT2D eigenvalue weighted by atomic mass is 9.81. The molecule has 2 aliphatic carbocycles. The maximum atomic E-state index is 12.8. The van der Waals surface area contributed by atoms with Gasteiger partial charge in [0, 0.05) is 9.65 Å². The van der Waals surface area contributed by atoms with Crippen molar-refractivity contribution in [2.75, 3.05) is 13.2 Å². The van der Waals surface area contributed by atoms with Crippen molar-refractivity contribution >= 4 is 55.6 Å². The molecule has 0 aromatic heterocycles. The lowest BCUT2D eigenvalue weighted by Gasteiger charge is -2.28. The van der Waals surface area contributed by atoms with Crippen molar-refractivity contribution in [3.63, 3.8) is 0 Å². The number of hydrogen-bond donors (Lipinski definition) is 1. The normalized spacial score (nSPS) is 32.8. The van der Waals surface area contributed by atoms with E-state index in [1.807, 2.05) is 37.3 Å². The third kappa shape index (κ3) is 3.70. The minimum Gasteiger partial charge on any atom is -0.454 e. The summed E-state index contributed by atoms with van der Waals surface area (Å²) in [6, 6.07) is 9.18. The number of fused-ring (bicyclic) bond motifs is 5. The van der Waals surface area contributed by atoms with Gasteiger partial charge < -0.3 is 10.1 Å². The summed E-state index contributed by atoms with van der Waals surface area (Å²) in [7, 11) is 0. The second-order valence-corrected chi connectivity index (χ2v) is 10.2. The van der Waals surface area contributed by atoms with E-state index in [0.29, 0.717) is 0 Å². The predicted octanol–water partition coefficient (Wildman–Crippen LogP) is 2.18. The van der Waals surface area contributed by atoms with Crippen molar-refractivity contribution < 1.29 is 23.9 Å².